The molecule has 17 rings (SSSR count). The van der Waals surface area contributed by atoms with Crippen molar-refractivity contribution in [1.29, 1.82) is 0 Å². The van der Waals surface area contributed by atoms with E-state index in [1.165, 1.54) is 86.6 Å². The summed E-state index contributed by atoms with van der Waals surface area (Å²) in [5.74, 6) is 9.85. The summed E-state index contributed by atoms with van der Waals surface area (Å²) in [6.45, 7) is 31.5. The van der Waals surface area contributed by atoms with Crippen molar-refractivity contribution in [2.24, 2.45) is 11.8 Å². The van der Waals surface area contributed by atoms with E-state index in [2.05, 4.69) is 311 Å². The van der Waals surface area contributed by atoms with E-state index in [-0.39, 0.29) is 7.43 Å². The number of hydrogen-bond acceptors (Lipinski definition) is 6. The smallest absolute Gasteiger partial charge is 0.231 e. The van der Waals surface area contributed by atoms with Crippen molar-refractivity contribution in [2.75, 3.05) is 6.79 Å². The predicted octanol–water partition coefficient (Wildman–Crippen LogP) is 26.7. The Bertz CT molecular complexity index is 4630. The number of thiophene rings is 1. The van der Waals surface area contributed by atoms with Crippen LogP contribution in [0, 0.1) is 11.8 Å². The maximum absolute atomic E-state index is 5.96. The third-order valence-electron chi connectivity index (χ3n) is 18.5. The van der Waals surface area contributed by atoms with Crippen LogP contribution in [0.4, 0.5) is 0 Å². The van der Waals surface area contributed by atoms with Gasteiger partial charge in [0, 0.05) is 38.5 Å². The van der Waals surface area contributed by atoms with Gasteiger partial charge in [-0.05, 0) is 168 Å². The quantitative estimate of drug-likeness (QED) is 0.155. The first-order valence-electron chi connectivity index (χ1n) is 35.1. The van der Waals surface area contributed by atoms with Crippen LogP contribution in [0.15, 0.2) is 249 Å². The van der Waals surface area contributed by atoms with Gasteiger partial charge >= 0.3 is 0 Å². The molecular formula is C91H100N4O3S. The molecule has 0 amide bonds. The molecule has 0 saturated carbocycles. The standard InChI is InChI=1S/C17H16.C16H16O.C16H16.C11H12S.2C10H12N2.C10H12O2.CH4/c1-12(2)17-15-9-5-3-7-13(15)11-14-8-4-6-10-16(14)17;1-11(2)16-12-7-3-5-9-14(12)17-15-10-6-4-8-13(15)16;1-11(2)16-14-9-5-3-7-12(14)13-8-4-6-10-15(13)16;1-8(2)11-7-9-5-3-4-6-10(9)12-11;1-7(2)8-3-4-9-10(5-8)12-6-11-9;1-7(2)10-11-8-5-3-4-6-9(8)12-10;1-7(2)8-3-4-9-10(5-8)12-6-11-9;/h3-12H,1-2H3;3-11,16H,1-2H3;3-11,16H,1-2H3;3-8H,1-2H3;2*3-7H,1-2H3,(H,11,12);3-5,7H,6H2,1-2H3;1H4. The summed E-state index contributed by atoms with van der Waals surface area (Å²) in [4.78, 5) is 16.5. The van der Waals surface area contributed by atoms with Gasteiger partial charge in [0.25, 0.3) is 0 Å². The van der Waals surface area contributed by atoms with Gasteiger partial charge in [0.15, 0.2) is 11.5 Å². The summed E-state index contributed by atoms with van der Waals surface area (Å²) in [6.07, 6.45) is 1.73. The van der Waals surface area contributed by atoms with Crippen molar-refractivity contribution in [1.82, 2.24) is 19.9 Å². The average Bonchev–Trinajstić information content (AvgIpc) is 1.74. The SMILES string of the molecule is C.CC(C)C1c2ccccc2-c2ccccc21.CC(C)C1c2ccccc2Oc2ccccc21.CC(C)c1c2ccccc2cc2ccccc12.CC(C)c1cc2ccccc2s1.CC(C)c1ccc2c(c1)OCO2.CC(C)c1ccc2nc[nH]c2c1.CC(C)c1nc2ccccc2[nH]1. The van der Waals surface area contributed by atoms with Gasteiger partial charge in [-0.2, -0.15) is 0 Å². The number of aromatic amines is 2. The van der Waals surface area contributed by atoms with Crippen LogP contribution in [0.3, 0.4) is 0 Å². The molecule has 2 aliphatic heterocycles. The molecular weight excluding hydrogens is 1230 g/mol. The summed E-state index contributed by atoms with van der Waals surface area (Å²) >= 11 is 1.91. The summed E-state index contributed by atoms with van der Waals surface area (Å²) < 4.78 is 17.8. The zero-order valence-corrected chi connectivity index (χ0v) is 60.4. The number of nitrogens with one attached hydrogen (secondary N) is 2. The maximum Gasteiger partial charge on any atom is 0.231 e. The second-order valence-corrected chi connectivity index (χ2v) is 29.0. The van der Waals surface area contributed by atoms with Crippen molar-refractivity contribution < 1.29 is 14.2 Å². The van der Waals surface area contributed by atoms with Crippen LogP contribution in [-0.4, -0.2) is 26.7 Å². The third kappa shape index (κ3) is 17.0. The highest BCUT2D eigenvalue weighted by Gasteiger charge is 2.31. The van der Waals surface area contributed by atoms with Crippen molar-refractivity contribution in [2.45, 2.75) is 146 Å². The number of fused-ring (bicyclic) bond motifs is 11. The Hall–Kier alpha value is -9.76. The lowest BCUT2D eigenvalue weighted by Gasteiger charge is -2.30. The highest BCUT2D eigenvalue weighted by Crippen LogP contribution is 2.49. The van der Waals surface area contributed by atoms with Crippen molar-refractivity contribution in [3.63, 3.8) is 0 Å². The van der Waals surface area contributed by atoms with E-state index in [0.29, 0.717) is 60.1 Å². The maximum atomic E-state index is 5.96. The Morgan fingerprint density at radius 2 is 0.889 bits per heavy atom. The Balaban J connectivity index is 0.000000125. The number of benzene rings is 11. The molecule has 0 saturated heterocycles. The second kappa shape index (κ2) is 33.2. The van der Waals surface area contributed by atoms with Gasteiger partial charge in [0.2, 0.25) is 6.79 Å². The van der Waals surface area contributed by atoms with Crippen LogP contribution in [0.2, 0.25) is 0 Å². The van der Waals surface area contributed by atoms with Gasteiger partial charge in [-0.25, -0.2) is 9.97 Å². The Morgan fingerprint density at radius 3 is 1.44 bits per heavy atom. The number of H-pyrrole nitrogens is 2. The van der Waals surface area contributed by atoms with Crippen molar-refractivity contribution in [3.8, 4) is 34.1 Å². The molecule has 7 nitrogen and oxygen atoms in total. The molecule has 0 atom stereocenters. The third-order valence-corrected chi connectivity index (χ3v) is 19.9. The molecule has 0 fully saturated rings. The molecule has 508 valence electrons. The minimum Gasteiger partial charge on any atom is -0.457 e. The van der Waals surface area contributed by atoms with E-state index in [9.17, 15) is 0 Å². The van der Waals surface area contributed by atoms with E-state index < -0.39 is 0 Å². The molecule has 2 N–H and O–H groups in total. The van der Waals surface area contributed by atoms with Gasteiger partial charge in [-0.3, -0.25) is 0 Å². The van der Waals surface area contributed by atoms with E-state index in [0.717, 1.165) is 50.9 Å². The number of nitrogens with zero attached hydrogens (tertiary/aromatic N) is 2. The lowest BCUT2D eigenvalue weighted by molar-refractivity contribution is 0.174. The molecule has 0 unspecified atom stereocenters. The number of para-hydroxylation sites is 4. The average molecular weight is 1330 g/mol. The summed E-state index contributed by atoms with van der Waals surface area (Å²) in [6, 6.07) is 85.4. The summed E-state index contributed by atoms with van der Waals surface area (Å²) in [7, 11) is 0. The molecule has 3 aliphatic rings. The Morgan fingerprint density at radius 1 is 0.394 bits per heavy atom. The predicted molar refractivity (Wildman–Crippen MR) is 423 cm³/mol. The number of rotatable bonds is 7. The Labute approximate surface area is 592 Å². The monoisotopic (exact) mass is 1330 g/mol. The molecule has 1 aliphatic carbocycles. The first-order valence-corrected chi connectivity index (χ1v) is 35.9. The fraction of sp³-hybridized carbons (Fsp3) is 0.275. The minimum absolute atomic E-state index is 0. The van der Waals surface area contributed by atoms with Crippen molar-refractivity contribution >= 4 is 65.0 Å². The number of aromatic nitrogens is 4. The molecule has 0 spiro atoms. The molecule has 0 radical (unpaired) electrons. The molecule has 99 heavy (non-hydrogen) atoms. The topological polar surface area (TPSA) is 85.0 Å². The first-order chi connectivity index (χ1) is 47.4. The van der Waals surface area contributed by atoms with Gasteiger partial charge in [0.1, 0.15) is 17.3 Å². The number of ether oxygens (including phenoxy) is 3. The first kappa shape index (κ1) is 72.0. The van der Waals surface area contributed by atoms with E-state index in [1.807, 2.05) is 59.9 Å². The molecule has 8 heteroatoms. The van der Waals surface area contributed by atoms with E-state index in [1.54, 1.807) is 6.33 Å². The van der Waals surface area contributed by atoms with Gasteiger partial charge in [-0.1, -0.05) is 280 Å². The summed E-state index contributed by atoms with van der Waals surface area (Å²) in [5.41, 5.74) is 16.9. The van der Waals surface area contributed by atoms with E-state index in [4.69, 9.17) is 14.2 Å². The highest BCUT2D eigenvalue weighted by atomic mass is 32.1. The fourth-order valence-corrected chi connectivity index (χ4v) is 14.4. The Kier molecular flexibility index (Phi) is 24.1. The van der Waals surface area contributed by atoms with Gasteiger partial charge in [-0.15, -0.1) is 11.3 Å². The summed E-state index contributed by atoms with van der Waals surface area (Å²) in [5, 5.41) is 6.85. The number of imidazole rings is 2. The molecule has 0 bridgehead atoms. The highest BCUT2D eigenvalue weighted by molar-refractivity contribution is 7.19. The minimum atomic E-state index is 0. The van der Waals surface area contributed by atoms with E-state index >= 15 is 0 Å². The van der Waals surface area contributed by atoms with Crippen LogP contribution in [0.25, 0.3) is 64.8 Å². The largest absolute Gasteiger partial charge is 0.457 e. The molecule has 14 aromatic rings. The second-order valence-electron chi connectivity index (χ2n) is 27.9. The zero-order chi connectivity index (χ0) is 69.0. The van der Waals surface area contributed by atoms with Crippen LogP contribution < -0.4 is 14.2 Å². The fourth-order valence-electron chi connectivity index (χ4n) is 13.4. The van der Waals surface area contributed by atoms with Gasteiger partial charge < -0.3 is 24.2 Å². The zero-order valence-electron chi connectivity index (χ0n) is 59.6. The molecule has 5 heterocycles. The van der Waals surface area contributed by atoms with Gasteiger partial charge in [0.05, 0.1) is 28.4 Å². The van der Waals surface area contributed by atoms with Crippen molar-refractivity contribution in [3.05, 3.63) is 299 Å². The van der Waals surface area contributed by atoms with Crippen LogP contribution in [0.5, 0.6) is 23.0 Å². The lowest BCUT2D eigenvalue weighted by Crippen LogP contribution is -2.14. The normalized spacial score (nSPS) is 12.4. The lowest BCUT2D eigenvalue weighted by atomic mass is 9.80. The molecule has 3 aromatic heterocycles. The number of hydrogen-bond donors (Lipinski definition) is 2. The van der Waals surface area contributed by atoms with Crippen LogP contribution in [0.1, 0.15) is 195 Å². The van der Waals surface area contributed by atoms with Crippen LogP contribution >= 0.6 is 11.3 Å². The molecule has 11 aromatic carbocycles. The van der Waals surface area contributed by atoms with Crippen LogP contribution in [-0.2, 0) is 0 Å².